The standard InChI is InChI=1S/C10H22N2/c1-4-5-6-10-9-11(2)7-8-12(10)3/h10H,4-9H2,1-3H3/t10-/m1/s1. The molecule has 2 nitrogen and oxygen atoms in total. The van der Waals surface area contributed by atoms with E-state index in [1.807, 2.05) is 0 Å². The van der Waals surface area contributed by atoms with Gasteiger partial charge in [-0.05, 0) is 20.5 Å². The Bertz CT molecular complexity index is 125. The molecule has 1 fully saturated rings. The summed E-state index contributed by atoms with van der Waals surface area (Å²) >= 11 is 0. The minimum atomic E-state index is 0.809. The molecular formula is C10H22N2. The largest absolute Gasteiger partial charge is 0.304 e. The average Bonchev–Trinajstić information content (AvgIpc) is 2.07. The van der Waals surface area contributed by atoms with Crippen molar-refractivity contribution in [1.29, 1.82) is 0 Å². The van der Waals surface area contributed by atoms with E-state index in [1.54, 1.807) is 0 Å². The molecule has 0 aromatic rings. The SMILES string of the molecule is CCCC[C@@H]1CN(C)CCN1C. The summed E-state index contributed by atoms with van der Waals surface area (Å²) in [5.74, 6) is 0. The molecule has 0 N–H and O–H groups in total. The summed E-state index contributed by atoms with van der Waals surface area (Å²) in [6.07, 6.45) is 4.08. The number of hydrogen-bond acceptors (Lipinski definition) is 2. The van der Waals surface area contributed by atoms with Crippen LogP contribution in [0.2, 0.25) is 0 Å². The number of hydrogen-bond donors (Lipinski definition) is 0. The molecule has 1 rings (SSSR count). The third-order valence-corrected chi connectivity index (χ3v) is 2.87. The predicted molar refractivity (Wildman–Crippen MR) is 53.4 cm³/mol. The van der Waals surface area contributed by atoms with Gasteiger partial charge < -0.3 is 9.80 Å². The van der Waals surface area contributed by atoms with E-state index < -0.39 is 0 Å². The molecule has 72 valence electrons. The van der Waals surface area contributed by atoms with E-state index in [0.717, 1.165) is 6.04 Å². The fourth-order valence-corrected chi connectivity index (χ4v) is 1.85. The lowest BCUT2D eigenvalue weighted by atomic mass is 10.1. The van der Waals surface area contributed by atoms with Crippen LogP contribution in [0.25, 0.3) is 0 Å². The van der Waals surface area contributed by atoms with E-state index in [2.05, 4.69) is 30.8 Å². The van der Waals surface area contributed by atoms with Crippen LogP contribution in [0.15, 0.2) is 0 Å². The molecule has 1 heterocycles. The topological polar surface area (TPSA) is 6.48 Å². The van der Waals surface area contributed by atoms with Crippen LogP contribution in [0.4, 0.5) is 0 Å². The first-order valence-corrected chi connectivity index (χ1v) is 5.12. The smallest absolute Gasteiger partial charge is 0.0220 e. The molecule has 0 unspecified atom stereocenters. The van der Waals surface area contributed by atoms with Gasteiger partial charge in [-0.15, -0.1) is 0 Å². The normalized spacial score (nSPS) is 27.8. The number of piperazine rings is 1. The van der Waals surface area contributed by atoms with Gasteiger partial charge in [0.2, 0.25) is 0 Å². The van der Waals surface area contributed by atoms with Crippen molar-refractivity contribution in [3.05, 3.63) is 0 Å². The van der Waals surface area contributed by atoms with Crippen molar-refractivity contribution >= 4 is 0 Å². The van der Waals surface area contributed by atoms with Gasteiger partial charge in [0.25, 0.3) is 0 Å². The van der Waals surface area contributed by atoms with E-state index >= 15 is 0 Å². The van der Waals surface area contributed by atoms with Gasteiger partial charge in [0.1, 0.15) is 0 Å². The Balaban J connectivity index is 2.28. The molecule has 12 heavy (non-hydrogen) atoms. The quantitative estimate of drug-likeness (QED) is 0.632. The molecular weight excluding hydrogens is 148 g/mol. The molecule has 0 aromatic heterocycles. The Hall–Kier alpha value is -0.0800. The first-order chi connectivity index (χ1) is 5.74. The second-order valence-corrected chi connectivity index (χ2v) is 4.04. The van der Waals surface area contributed by atoms with E-state index in [-0.39, 0.29) is 0 Å². The zero-order valence-electron chi connectivity index (χ0n) is 8.71. The maximum absolute atomic E-state index is 2.51. The molecule has 0 aromatic carbocycles. The van der Waals surface area contributed by atoms with Crippen LogP contribution < -0.4 is 0 Å². The lowest BCUT2D eigenvalue weighted by molar-refractivity contribution is 0.107. The van der Waals surface area contributed by atoms with Gasteiger partial charge in [0.05, 0.1) is 0 Å². The van der Waals surface area contributed by atoms with Gasteiger partial charge in [0.15, 0.2) is 0 Å². The van der Waals surface area contributed by atoms with Crippen molar-refractivity contribution in [3.63, 3.8) is 0 Å². The first kappa shape index (κ1) is 10.0. The fourth-order valence-electron chi connectivity index (χ4n) is 1.85. The first-order valence-electron chi connectivity index (χ1n) is 5.12. The minimum Gasteiger partial charge on any atom is -0.304 e. The summed E-state index contributed by atoms with van der Waals surface area (Å²) in [7, 11) is 4.49. The Morgan fingerprint density at radius 1 is 1.25 bits per heavy atom. The zero-order chi connectivity index (χ0) is 8.97. The summed E-state index contributed by atoms with van der Waals surface area (Å²) < 4.78 is 0. The third-order valence-electron chi connectivity index (χ3n) is 2.87. The van der Waals surface area contributed by atoms with Crippen LogP contribution in [0.5, 0.6) is 0 Å². The minimum absolute atomic E-state index is 0.809. The summed E-state index contributed by atoms with van der Waals surface area (Å²) in [4.78, 5) is 4.95. The molecule has 0 bridgehead atoms. The molecule has 0 amide bonds. The Labute approximate surface area is 76.5 Å². The summed E-state index contributed by atoms with van der Waals surface area (Å²) in [5.41, 5.74) is 0. The van der Waals surface area contributed by atoms with Gasteiger partial charge in [0, 0.05) is 25.7 Å². The molecule has 1 atom stereocenters. The van der Waals surface area contributed by atoms with E-state index in [1.165, 1.54) is 38.9 Å². The lowest BCUT2D eigenvalue weighted by Crippen LogP contribution is -2.49. The summed E-state index contributed by atoms with van der Waals surface area (Å²) in [5, 5.41) is 0. The summed E-state index contributed by atoms with van der Waals surface area (Å²) in [6, 6.07) is 0.809. The van der Waals surface area contributed by atoms with Crippen molar-refractivity contribution in [2.45, 2.75) is 32.2 Å². The molecule has 2 heteroatoms. The van der Waals surface area contributed by atoms with Crippen LogP contribution in [-0.4, -0.2) is 49.6 Å². The maximum Gasteiger partial charge on any atom is 0.0220 e. The highest BCUT2D eigenvalue weighted by molar-refractivity contribution is 4.77. The highest BCUT2D eigenvalue weighted by Gasteiger charge is 2.20. The Kier molecular flexibility index (Phi) is 4.02. The zero-order valence-corrected chi connectivity index (χ0v) is 8.71. The van der Waals surface area contributed by atoms with Crippen LogP contribution in [-0.2, 0) is 0 Å². The van der Waals surface area contributed by atoms with Crippen LogP contribution in [0.3, 0.4) is 0 Å². The van der Waals surface area contributed by atoms with Gasteiger partial charge in [-0.2, -0.15) is 0 Å². The number of likely N-dealkylation sites (N-methyl/N-ethyl adjacent to an activating group) is 2. The van der Waals surface area contributed by atoms with Crippen molar-refractivity contribution in [2.75, 3.05) is 33.7 Å². The second-order valence-electron chi connectivity index (χ2n) is 4.04. The van der Waals surface area contributed by atoms with Crippen molar-refractivity contribution in [3.8, 4) is 0 Å². The molecule has 0 spiro atoms. The van der Waals surface area contributed by atoms with E-state index in [0.29, 0.717) is 0 Å². The fraction of sp³-hybridized carbons (Fsp3) is 1.00. The molecule has 1 aliphatic heterocycles. The van der Waals surface area contributed by atoms with Crippen molar-refractivity contribution in [1.82, 2.24) is 9.80 Å². The molecule has 0 radical (unpaired) electrons. The van der Waals surface area contributed by atoms with E-state index in [9.17, 15) is 0 Å². The van der Waals surface area contributed by atoms with Gasteiger partial charge in [-0.3, -0.25) is 0 Å². The highest BCUT2D eigenvalue weighted by Crippen LogP contribution is 2.12. The van der Waals surface area contributed by atoms with Crippen LogP contribution >= 0.6 is 0 Å². The second kappa shape index (κ2) is 4.83. The van der Waals surface area contributed by atoms with Gasteiger partial charge in [-0.1, -0.05) is 19.8 Å². The van der Waals surface area contributed by atoms with Crippen molar-refractivity contribution < 1.29 is 0 Å². The molecule has 0 saturated carbocycles. The molecule has 0 aliphatic carbocycles. The van der Waals surface area contributed by atoms with Crippen LogP contribution in [0.1, 0.15) is 26.2 Å². The lowest BCUT2D eigenvalue weighted by Gasteiger charge is -2.37. The van der Waals surface area contributed by atoms with Crippen molar-refractivity contribution in [2.24, 2.45) is 0 Å². The number of unbranched alkanes of at least 4 members (excludes halogenated alkanes) is 1. The van der Waals surface area contributed by atoms with E-state index in [4.69, 9.17) is 0 Å². The Morgan fingerprint density at radius 2 is 2.00 bits per heavy atom. The van der Waals surface area contributed by atoms with Gasteiger partial charge >= 0.3 is 0 Å². The predicted octanol–water partition coefficient (Wildman–Crippen LogP) is 1.42. The Morgan fingerprint density at radius 3 is 2.67 bits per heavy atom. The summed E-state index contributed by atoms with van der Waals surface area (Å²) in [6.45, 7) is 6.01. The molecule has 1 saturated heterocycles. The van der Waals surface area contributed by atoms with Gasteiger partial charge in [-0.25, -0.2) is 0 Å². The maximum atomic E-state index is 2.51. The third kappa shape index (κ3) is 2.76. The number of rotatable bonds is 3. The average molecular weight is 170 g/mol. The highest BCUT2D eigenvalue weighted by atomic mass is 15.3. The number of nitrogens with zero attached hydrogens (tertiary/aromatic N) is 2. The van der Waals surface area contributed by atoms with Crippen LogP contribution in [0, 0.1) is 0 Å². The monoisotopic (exact) mass is 170 g/mol. The molecule has 1 aliphatic rings.